The van der Waals surface area contributed by atoms with Crippen LogP contribution in [0.15, 0.2) is 0 Å². The van der Waals surface area contributed by atoms with Crippen LogP contribution in [0.3, 0.4) is 0 Å². The fraction of sp³-hybridized carbons (Fsp3) is 0.929. The summed E-state index contributed by atoms with van der Waals surface area (Å²) < 4.78 is 4.94. The van der Waals surface area contributed by atoms with E-state index in [9.17, 15) is 4.79 Å². The maximum atomic E-state index is 11.6. The van der Waals surface area contributed by atoms with Gasteiger partial charge in [-0.1, -0.05) is 26.7 Å². The summed E-state index contributed by atoms with van der Waals surface area (Å²) in [7, 11) is 1.68. The standard InChI is InChI=1S/C14H28N2O2/c1-11-6-4-7-13(12(11)2)16-10-14(17)15-8-5-9-18-3/h11-13,16H,4-10H2,1-3H3,(H,15,17). The van der Waals surface area contributed by atoms with Crippen molar-refractivity contribution in [3.63, 3.8) is 0 Å². The molecular formula is C14H28N2O2. The first-order valence-electron chi connectivity index (χ1n) is 7.14. The molecule has 0 aromatic rings. The third kappa shape index (κ3) is 5.36. The summed E-state index contributed by atoms with van der Waals surface area (Å²) in [6.45, 7) is 6.44. The van der Waals surface area contributed by atoms with Crippen molar-refractivity contribution in [3.8, 4) is 0 Å². The first-order chi connectivity index (χ1) is 8.65. The van der Waals surface area contributed by atoms with Crippen LogP contribution < -0.4 is 10.6 Å². The van der Waals surface area contributed by atoms with E-state index in [1.807, 2.05) is 0 Å². The van der Waals surface area contributed by atoms with Gasteiger partial charge in [0.2, 0.25) is 5.91 Å². The van der Waals surface area contributed by atoms with Crippen LogP contribution in [-0.4, -0.2) is 38.8 Å². The average Bonchev–Trinajstić information content (AvgIpc) is 2.36. The number of nitrogens with one attached hydrogen (secondary N) is 2. The van der Waals surface area contributed by atoms with Gasteiger partial charge in [-0.05, 0) is 24.7 Å². The van der Waals surface area contributed by atoms with Crippen LogP contribution in [0.25, 0.3) is 0 Å². The lowest BCUT2D eigenvalue weighted by Gasteiger charge is -2.34. The highest BCUT2D eigenvalue weighted by atomic mass is 16.5. The molecule has 0 spiro atoms. The summed E-state index contributed by atoms with van der Waals surface area (Å²) in [5.74, 6) is 1.53. The molecular weight excluding hydrogens is 228 g/mol. The molecule has 2 N–H and O–H groups in total. The molecule has 1 aliphatic rings. The summed E-state index contributed by atoms with van der Waals surface area (Å²) in [5, 5.41) is 6.30. The van der Waals surface area contributed by atoms with Crippen LogP contribution in [-0.2, 0) is 9.53 Å². The minimum Gasteiger partial charge on any atom is -0.385 e. The number of hydrogen-bond donors (Lipinski definition) is 2. The number of hydrogen-bond acceptors (Lipinski definition) is 3. The van der Waals surface area contributed by atoms with Crippen LogP contribution in [0, 0.1) is 11.8 Å². The van der Waals surface area contributed by atoms with E-state index < -0.39 is 0 Å². The first-order valence-corrected chi connectivity index (χ1v) is 7.14. The van der Waals surface area contributed by atoms with Crippen LogP contribution >= 0.6 is 0 Å². The zero-order chi connectivity index (χ0) is 13.4. The highest BCUT2D eigenvalue weighted by Gasteiger charge is 2.26. The predicted octanol–water partition coefficient (Wildman–Crippen LogP) is 1.55. The minimum absolute atomic E-state index is 0.0940. The minimum atomic E-state index is 0.0940. The lowest BCUT2D eigenvalue weighted by molar-refractivity contribution is -0.120. The van der Waals surface area contributed by atoms with Gasteiger partial charge in [-0.3, -0.25) is 4.79 Å². The van der Waals surface area contributed by atoms with E-state index in [0.29, 0.717) is 31.7 Å². The second kappa shape index (κ2) is 8.48. The fourth-order valence-corrected chi connectivity index (χ4v) is 2.60. The van der Waals surface area contributed by atoms with Gasteiger partial charge in [0.05, 0.1) is 6.54 Å². The van der Waals surface area contributed by atoms with Gasteiger partial charge in [0.15, 0.2) is 0 Å². The van der Waals surface area contributed by atoms with Crippen molar-refractivity contribution in [2.24, 2.45) is 11.8 Å². The molecule has 1 fully saturated rings. The van der Waals surface area contributed by atoms with E-state index in [1.165, 1.54) is 19.3 Å². The maximum absolute atomic E-state index is 11.6. The van der Waals surface area contributed by atoms with Crippen LogP contribution in [0.5, 0.6) is 0 Å². The van der Waals surface area contributed by atoms with Gasteiger partial charge in [-0.2, -0.15) is 0 Å². The summed E-state index contributed by atoms with van der Waals surface area (Å²) in [5.41, 5.74) is 0. The number of ether oxygens (including phenoxy) is 1. The smallest absolute Gasteiger partial charge is 0.233 e. The van der Waals surface area contributed by atoms with Gasteiger partial charge in [0, 0.05) is 26.3 Å². The molecule has 0 aliphatic heterocycles. The summed E-state index contributed by atoms with van der Waals surface area (Å²) in [4.78, 5) is 11.6. The molecule has 1 aliphatic carbocycles. The Kier molecular flexibility index (Phi) is 7.28. The van der Waals surface area contributed by atoms with Crippen molar-refractivity contribution in [2.45, 2.75) is 45.6 Å². The third-order valence-electron chi connectivity index (χ3n) is 4.08. The van der Waals surface area contributed by atoms with Crippen molar-refractivity contribution < 1.29 is 9.53 Å². The van der Waals surface area contributed by atoms with Gasteiger partial charge in [-0.15, -0.1) is 0 Å². The predicted molar refractivity (Wildman–Crippen MR) is 73.5 cm³/mol. The highest BCUT2D eigenvalue weighted by molar-refractivity contribution is 5.77. The first kappa shape index (κ1) is 15.4. The molecule has 3 atom stereocenters. The molecule has 18 heavy (non-hydrogen) atoms. The van der Waals surface area contributed by atoms with Crippen LogP contribution in [0.2, 0.25) is 0 Å². The molecule has 4 heteroatoms. The molecule has 0 heterocycles. The molecule has 3 unspecified atom stereocenters. The topological polar surface area (TPSA) is 50.4 Å². The normalized spacial score (nSPS) is 28.1. The molecule has 0 saturated heterocycles. The van der Waals surface area contributed by atoms with E-state index in [4.69, 9.17) is 4.74 Å². The van der Waals surface area contributed by atoms with E-state index >= 15 is 0 Å². The second-order valence-electron chi connectivity index (χ2n) is 5.45. The second-order valence-corrected chi connectivity index (χ2v) is 5.45. The summed E-state index contributed by atoms with van der Waals surface area (Å²) >= 11 is 0. The van der Waals surface area contributed by atoms with E-state index in [1.54, 1.807) is 7.11 Å². The van der Waals surface area contributed by atoms with E-state index in [2.05, 4.69) is 24.5 Å². The Morgan fingerprint density at radius 1 is 1.33 bits per heavy atom. The Morgan fingerprint density at radius 3 is 2.83 bits per heavy atom. The monoisotopic (exact) mass is 256 g/mol. The highest BCUT2D eigenvalue weighted by Crippen LogP contribution is 2.29. The molecule has 0 aromatic heterocycles. The Balaban J connectivity index is 2.13. The quantitative estimate of drug-likeness (QED) is 0.680. The van der Waals surface area contributed by atoms with Crippen LogP contribution in [0.4, 0.5) is 0 Å². The van der Waals surface area contributed by atoms with E-state index in [-0.39, 0.29) is 5.91 Å². The van der Waals surface area contributed by atoms with Crippen molar-refractivity contribution >= 4 is 5.91 Å². The lowest BCUT2D eigenvalue weighted by atomic mass is 9.78. The van der Waals surface area contributed by atoms with Crippen molar-refractivity contribution in [1.29, 1.82) is 0 Å². The van der Waals surface area contributed by atoms with Gasteiger partial charge in [0.1, 0.15) is 0 Å². The zero-order valence-electron chi connectivity index (χ0n) is 12.0. The number of methoxy groups -OCH3 is 1. The van der Waals surface area contributed by atoms with Crippen molar-refractivity contribution in [2.75, 3.05) is 26.8 Å². The average molecular weight is 256 g/mol. The molecule has 1 amide bonds. The van der Waals surface area contributed by atoms with Crippen molar-refractivity contribution in [3.05, 3.63) is 0 Å². The molecule has 106 valence electrons. The lowest BCUT2D eigenvalue weighted by Crippen LogP contribution is -2.45. The SMILES string of the molecule is COCCCNC(=O)CNC1CCCC(C)C1C. The zero-order valence-corrected chi connectivity index (χ0v) is 12.0. The molecule has 4 nitrogen and oxygen atoms in total. The van der Waals surface area contributed by atoms with Crippen LogP contribution in [0.1, 0.15) is 39.5 Å². The number of rotatable bonds is 7. The van der Waals surface area contributed by atoms with Gasteiger partial charge < -0.3 is 15.4 Å². The molecule has 1 rings (SSSR count). The van der Waals surface area contributed by atoms with Gasteiger partial charge >= 0.3 is 0 Å². The largest absolute Gasteiger partial charge is 0.385 e. The fourth-order valence-electron chi connectivity index (χ4n) is 2.60. The molecule has 0 bridgehead atoms. The third-order valence-corrected chi connectivity index (χ3v) is 4.08. The Hall–Kier alpha value is -0.610. The van der Waals surface area contributed by atoms with Gasteiger partial charge in [0.25, 0.3) is 0 Å². The van der Waals surface area contributed by atoms with Crippen molar-refractivity contribution in [1.82, 2.24) is 10.6 Å². The number of carbonyl (C=O) groups excluding carboxylic acids is 1. The summed E-state index contributed by atoms with van der Waals surface area (Å²) in [6.07, 6.45) is 4.67. The number of carbonyl (C=O) groups is 1. The Labute approximate surface area is 111 Å². The molecule has 1 saturated carbocycles. The molecule has 0 radical (unpaired) electrons. The molecule has 0 aromatic carbocycles. The van der Waals surface area contributed by atoms with Gasteiger partial charge in [-0.25, -0.2) is 0 Å². The van der Waals surface area contributed by atoms with E-state index in [0.717, 1.165) is 12.3 Å². The maximum Gasteiger partial charge on any atom is 0.233 e. The Morgan fingerprint density at radius 2 is 2.11 bits per heavy atom. The Bertz CT molecular complexity index is 246. The number of amides is 1. The summed E-state index contributed by atoms with van der Waals surface area (Å²) in [6, 6.07) is 0.499.